The number of hydrogen-bond donors (Lipinski definition) is 3. The van der Waals surface area contributed by atoms with Crippen molar-refractivity contribution in [2.45, 2.75) is 4.90 Å². The van der Waals surface area contributed by atoms with E-state index >= 15 is 0 Å². The van der Waals surface area contributed by atoms with Gasteiger partial charge >= 0.3 is 6.03 Å². The summed E-state index contributed by atoms with van der Waals surface area (Å²) >= 11 is 0. The van der Waals surface area contributed by atoms with Crippen molar-refractivity contribution in [1.82, 2.24) is 0 Å². The standard InChI is InChI=1S/C21H19N3O5S/c25-21(22-15-5-2-1-3-6-15)23-16-7-4-8-17(13-16)24-30(26,27)18-9-10-19-20(14-18)29-12-11-28-19/h1-10,13-14,24H,11-12H2,(H2,22,23,25). The van der Waals surface area contributed by atoms with Gasteiger partial charge in [0.05, 0.1) is 10.6 Å². The normalized spacial score (nSPS) is 12.7. The lowest BCUT2D eigenvalue weighted by atomic mass is 10.3. The van der Waals surface area contributed by atoms with Crippen molar-refractivity contribution in [3.63, 3.8) is 0 Å². The molecule has 0 saturated carbocycles. The van der Waals surface area contributed by atoms with Crippen molar-refractivity contribution >= 4 is 33.1 Å². The van der Waals surface area contributed by atoms with Gasteiger partial charge < -0.3 is 20.1 Å². The molecule has 3 N–H and O–H groups in total. The summed E-state index contributed by atoms with van der Waals surface area (Å²) in [5.74, 6) is 0.896. The maximum absolute atomic E-state index is 12.8. The van der Waals surface area contributed by atoms with Crippen LogP contribution in [-0.4, -0.2) is 27.7 Å². The Hall–Kier alpha value is -3.72. The van der Waals surface area contributed by atoms with E-state index in [-0.39, 0.29) is 4.90 Å². The molecular weight excluding hydrogens is 406 g/mol. The number of nitrogens with one attached hydrogen (secondary N) is 3. The third-order valence-corrected chi connectivity index (χ3v) is 5.61. The second-order valence-electron chi connectivity index (χ2n) is 6.44. The molecule has 3 aromatic carbocycles. The van der Waals surface area contributed by atoms with E-state index in [1.165, 1.54) is 18.2 Å². The van der Waals surface area contributed by atoms with Gasteiger partial charge in [-0.2, -0.15) is 0 Å². The number of amides is 2. The largest absolute Gasteiger partial charge is 0.486 e. The number of sulfonamides is 1. The van der Waals surface area contributed by atoms with Gasteiger partial charge in [-0.3, -0.25) is 4.72 Å². The van der Waals surface area contributed by atoms with Crippen LogP contribution in [0.5, 0.6) is 11.5 Å². The lowest BCUT2D eigenvalue weighted by Gasteiger charge is -2.19. The Morgan fingerprint density at radius 3 is 2.20 bits per heavy atom. The lowest BCUT2D eigenvalue weighted by molar-refractivity contribution is 0.171. The summed E-state index contributed by atoms with van der Waals surface area (Å²) in [7, 11) is -3.85. The van der Waals surface area contributed by atoms with Gasteiger partial charge in [0.15, 0.2) is 11.5 Å². The lowest BCUT2D eigenvalue weighted by Crippen LogP contribution is -2.19. The quantitative estimate of drug-likeness (QED) is 0.575. The average molecular weight is 425 g/mol. The number of rotatable bonds is 5. The molecule has 8 nitrogen and oxygen atoms in total. The Kier molecular flexibility index (Phi) is 5.44. The van der Waals surface area contributed by atoms with E-state index in [0.717, 1.165) is 0 Å². The number of benzene rings is 3. The highest BCUT2D eigenvalue weighted by molar-refractivity contribution is 7.92. The summed E-state index contributed by atoms with van der Waals surface area (Å²) in [6.45, 7) is 0.789. The molecule has 1 aliphatic rings. The van der Waals surface area contributed by atoms with Crippen LogP contribution < -0.4 is 24.8 Å². The van der Waals surface area contributed by atoms with Gasteiger partial charge in [-0.1, -0.05) is 24.3 Å². The molecule has 4 rings (SSSR count). The van der Waals surface area contributed by atoms with E-state index < -0.39 is 16.1 Å². The van der Waals surface area contributed by atoms with Crippen molar-refractivity contribution in [3.05, 3.63) is 72.8 Å². The minimum atomic E-state index is -3.85. The van der Waals surface area contributed by atoms with Gasteiger partial charge in [-0.05, 0) is 42.5 Å². The summed E-state index contributed by atoms with van der Waals surface area (Å²) in [6.07, 6.45) is 0. The Bertz CT molecular complexity index is 1170. The zero-order valence-corrected chi connectivity index (χ0v) is 16.6. The molecule has 2 amide bonds. The molecule has 9 heteroatoms. The van der Waals surface area contributed by atoms with Crippen molar-refractivity contribution in [3.8, 4) is 11.5 Å². The number of urea groups is 1. The average Bonchev–Trinajstić information content (AvgIpc) is 2.74. The smallest absolute Gasteiger partial charge is 0.323 e. The predicted molar refractivity (Wildman–Crippen MR) is 114 cm³/mol. The van der Waals surface area contributed by atoms with Crippen LogP contribution in [0.2, 0.25) is 0 Å². The first-order chi connectivity index (χ1) is 14.5. The number of fused-ring (bicyclic) bond motifs is 1. The second kappa shape index (κ2) is 8.34. The van der Waals surface area contributed by atoms with Gasteiger partial charge in [0, 0.05) is 17.4 Å². The molecule has 0 aliphatic carbocycles. The second-order valence-corrected chi connectivity index (χ2v) is 8.12. The molecule has 0 spiro atoms. The Labute approximate surface area is 173 Å². The number of carbonyl (C=O) groups excluding carboxylic acids is 1. The first-order valence-corrected chi connectivity index (χ1v) is 10.6. The molecule has 30 heavy (non-hydrogen) atoms. The van der Waals surface area contributed by atoms with Gasteiger partial charge in [-0.15, -0.1) is 0 Å². The fourth-order valence-electron chi connectivity index (χ4n) is 2.88. The van der Waals surface area contributed by atoms with E-state index in [4.69, 9.17) is 9.47 Å². The number of ether oxygens (including phenoxy) is 2. The summed E-state index contributed by atoms with van der Waals surface area (Å²) in [5, 5.41) is 5.37. The third kappa shape index (κ3) is 4.64. The van der Waals surface area contributed by atoms with Gasteiger partial charge in [0.1, 0.15) is 13.2 Å². The van der Waals surface area contributed by atoms with Gasteiger partial charge in [0.2, 0.25) is 0 Å². The Morgan fingerprint density at radius 2 is 1.40 bits per heavy atom. The van der Waals surface area contributed by atoms with E-state index in [0.29, 0.717) is 41.8 Å². The molecular formula is C21H19N3O5S. The van der Waals surface area contributed by atoms with E-state index in [1.807, 2.05) is 18.2 Å². The Morgan fingerprint density at radius 1 is 0.733 bits per heavy atom. The molecule has 0 unspecified atom stereocenters. The maximum atomic E-state index is 12.8. The third-order valence-electron chi connectivity index (χ3n) is 4.23. The van der Waals surface area contributed by atoms with E-state index in [2.05, 4.69) is 15.4 Å². The minimum Gasteiger partial charge on any atom is -0.486 e. The topological polar surface area (TPSA) is 106 Å². The fourth-order valence-corrected chi connectivity index (χ4v) is 3.94. The molecule has 0 radical (unpaired) electrons. The Balaban J connectivity index is 1.46. The first kappa shape index (κ1) is 19.6. The summed E-state index contributed by atoms with van der Waals surface area (Å²) in [6, 6.07) is 19.4. The van der Waals surface area contributed by atoms with Gasteiger partial charge in [-0.25, -0.2) is 13.2 Å². The van der Waals surface area contributed by atoms with Crippen LogP contribution in [0.15, 0.2) is 77.7 Å². The predicted octanol–water partition coefficient (Wildman–Crippen LogP) is 3.90. The number of anilines is 3. The molecule has 154 valence electrons. The molecule has 1 heterocycles. The molecule has 1 aliphatic heterocycles. The van der Waals surface area contributed by atoms with Crippen molar-refractivity contribution in [2.24, 2.45) is 0 Å². The molecule has 3 aromatic rings. The molecule has 0 atom stereocenters. The SMILES string of the molecule is O=C(Nc1ccccc1)Nc1cccc(NS(=O)(=O)c2ccc3c(c2)OCCO3)c1. The van der Waals surface area contributed by atoms with Crippen LogP contribution >= 0.6 is 0 Å². The summed E-state index contributed by atoms with van der Waals surface area (Å²) < 4.78 is 38.9. The van der Waals surface area contributed by atoms with Crippen LogP contribution in [0.4, 0.5) is 21.9 Å². The van der Waals surface area contributed by atoms with Crippen LogP contribution in [0, 0.1) is 0 Å². The van der Waals surface area contributed by atoms with Gasteiger partial charge in [0.25, 0.3) is 10.0 Å². The fraction of sp³-hybridized carbons (Fsp3) is 0.0952. The zero-order chi connectivity index (χ0) is 21.0. The number of hydrogen-bond acceptors (Lipinski definition) is 5. The highest BCUT2D eigenvalue weighted by Gasteiger charge is 2.19. The number of carbonyl (C=O) groups is 1. The van der Waals surface area contributed by atoms with Crippen molar-refractivity contribution in [1.29, 1.82) is 0 Å². The summed E-state index contributed by atoms with van der Waals surface area (Å²) in [5.41, 5.74) is 1.39. The zero-order valence-electron chi connectivity index (χ0n) is 15.8. The van der Waals surface area contributed by atoms with Crippen LogP contribution in [0.25, 0.3) is 0 Å². The van der Waals surface area contributed by atoms with Crippen LogP contribution in [0.1, 0.15) is 0 Å². The number of para-hydroxylation sites is 1. The molecule has 0 fully saturated rings. The molecule has 0 bridgehead atoms. The monoisotopic (exact) mass is 425 g/mol. The van der Waals surface area contributed by atoms with Crippen molar-refractivity contribution in [2.75, 3.05) is 28.6 Å². The first-order valence-electron chi connectivity index (χ1n) is 9.15. The minimum absolute atomic E-state index is 0.0481. The van der Waals surface area contributed by atoms with Crippen molar-refractivity contribution < 1.29 is 22.7 Å². The van der Waals surface area contributed by atoms with E-state index in [9.17, 15) is 13.2 Å². The highest BCUT2D eigenvalue weighted by atomic mass is 32.2. The molecule has 0 saturated heterocycles. The summed E-state index contributed by atoms with van der Waals surface area (Å²) in [4.78, 5) is 12.2. The van der Waals surface area contributed by atoms with Crippen LogP contribution in [0.3, 0.4) is 0 Å². The van der Waals surface area contributed by atoms with E-state index in [1.54, 1.807) is 36.4 Å². The maximum Gasteiger partial charge on any atom is 0.323 e. The van der Waals surface area contributed by atoms with Crippen LogP contribution in [-0.2, 0) is 10.0 Å². The molecule has 0 aromatic heterocycles. The highest BCUT2D eigenvalue weighted by Crippen LogP contribution is 2.32.